The maximum Gasteiger partial charge on any atom is 0.308 e. The second kappa shape index (κ2) is 23.8. The summed E-state index contributed by atoms with van der Waals surface area (Å²) >= 11 is 0. The molecule has 24 nitrogen and oxygen atoms in total. The van der Waals surface area contributed by atoms with E-state index in [0.29, 0.717) is 0 Å². The van der Waals surface area contributed by atoms with Gasteiger partial charge in [0.05, 0.1) is 0 Å². The smallest absolute Gasteiger partial charge is 0.308 e. The summed E-state index contributed by atoms with van der Waals surface area (Å²) in [6.45, 7) is 14.8. The lowest BCUT2D eigenvalue weighted by Crippen LogP contribution is -2.68. The van der Waals surface area contributed by atoms with Gasteiger partial charge in [0.1, 0.15) is 31.5 Å². The zero-order valence-electron chi connectivity index (χ0n) is 39.1. The highest BCUT2D eigenvalue weighted by Gasteiger charge is 2.57. The number of piperidine rings is 1. The van der Waals surface area contributed by atoms with Gasteiger partial charge in [-0.1, -0.05) is 0 Å². The van der Waals surface area contributed by atoms with Gasteiger partial charge >= 0.3 is 59.7 Å². The maximum atomic E-state index is 13.2. The SMILES string of the molecule is CC(=O)OC[C@H]1O[C@@H](OC(=O)CCCC(=O)OC2CC(C)(C)N(O[C@@H]3O[C@H](COC(C)=O)[C@@H](OC(C)=O)[C@H](OC(C)=O)[C@H]3OC(C)=O)C(C)(C)C2)[C@H](OC(C)=O)[C@@H](OC(C)=O)[C@@H]1OC(C)=O. The van der Waals surface area contributed by atoms with Gasteiger partial charge in [-0.3, -0.25) is 52.8 Å². The van der Waals surface area contributed by atoms with Gasteiger partial charge < -0.3 is 56.8 Å². The van der Waals surface area contributed by atoms with Gasteiger partial charge in [0.15, 0.2) is 30.5 Å². The minimum atomic E-state index is -1.74. The van der Waals surface area contributed by atoms with Crippen molar-refractivity contribution in [2.45, 2.75) is 194 Å². The van der Waals surface area contributed by atoms with E-state index in [0.717, 1.165) is 55.4 Å². The number of carbonyl (C=O) groups is 10. The molecule has 0 saturated carbocycles. The number of ether oxygens (including phenoxy) is 12. The quantitative estimate of drug-likeness (QED) is 0.138. The first-order chi connectivity index (χ1) is 30.6. The molecule has 0 aromatic heterocycles. The summed E-state index contributed by atoms with van der Waals surface area (Å²) in [5.74, 6) is -8.06. The van der Waals surface area contributed by atoms with Crippen molar-refractivity contribution in [2.24, 2.45) is 0 Å². The van der Waals surface area contributed by atoms with Crippen molar-refractivity contribution in [1.29, 1.82) is 0 Å². The second-order valence-electron chi connectivity index (χ2n) is 17.0. The average Bonchev–Trinajstić information content (AvgIpc) is 3.14. The van der Waals surface area contributed by atoms with Crippen LogP contribution in [0.3, 0.4) is 0 Å². The number of nitrogens with zero attached hydrogens (tertiary/aromatic N) is 1. The molecule has 24 heteroatoms. The highest BCUT2D eigenvalue weighted by Crippen LogP contribution is 2.42. The standard InChI is InChI=1S/C42H61NO23/c1-20(44)54-18-29-33(56-22(3)46)35(58-24(5)48)37(60-26(7)50)39(63-29)65-32(53)15-13-14-31(52)62-28-16-41(9,10)43(42(11,12)17-28)66-40-38(61-27(8)51)36(59-25(6)49)34(57-23(4)47)30(64-40)19-55-21(2)45/h28-30,33-40H,13-19H2,1-12H3/t29-,30-,33-,34-,35+,36+,37-,38-,39+,40+/m1/s1. The zero-order chi connectivity index (χ0) is 49.8. The molecule has 3 rings (SSSR count). The van der Waals surface area contributed by atoms with Crippen molar-refractivity contribution < 1.29 is 110 Å². The summed E-state index contributed by atoms with van der Waals surface area (Å²) < 4.78 is 66.0. The Morgan fingerprint density at radius 3 is 1.15 bits per heavy atom. The minimum absolute atomic E-state index is 0.0828. The second-order valence-corrected chi connectivity index (χ2v) is 17.0. The van der Waals surface area contributed by atoms with Crippen molar-refractivity contribution in [3.8, 4) is 0 Å². The number of hydroxylamine groups is 2. The normalized spacial score (nSPS) is 28.2. The molecule has 0 N–H and O–H groups in total. The van der Waals surface area contributed by atoms with Crippen molar-refractivity contribution >= 4 is 59.7 Å². The summed E-state index contributed by atoms with van der Waals surface area (Å²) in [6.07, 6.45) is -15.9. The number of esters is 10. The van der Waals surface area contributed by atoms with Gasteiger partial charge in [-0.25, -0.2) is 0 Å². The Kier molecular flexibility index (Phi) is 19.8. The lowest BCUT2D eigenvalue weighted by atomic mass is 9.80. The van der Waals surface area contributed by atoms with E-state index in [2.05, 4.69) is 0 Å². The van der Waals surface area contributed by atoms with Crippen molar-refractivity contribution in [3.05, 3.63) is 0 Å². The molecule has 10 atom stereocenters. The lowest BCUT2D eigenvalue weighted by Gasteiger charge is -2.55. The van der Waals surface area contributed by atoms with Crippen LogP contribution in [0.2, 0.25) is 0 Å². The van der Waals surface area contributed by atoms with Crippen LogP contribution in [-0.2, 0) is 110 Å². The molecule has 0 unspecified atom stereocenters. The molecule has 0 radical (unpaired) electrons. The minimum Gasteiger partial charge on any atom is -0.463 e. The maximum absolute atomic E-state index is 13.2. The van der Waals surface area contributed by atoms with E-state index >= 15 is 0 Å². The third-order valence-corrected chi connectivity index (χ3v) is 9.97. The number of hydrogen-bond donors (Lipinski definition) is 0. The largest absolute Gasteiger partial charge is 0.463 e. The first kappa shape index (κ1) is 54.9. The molecule has 66 heavy (non-hydrogen) atoms. The van der Waals surface area contributed by atoms with E-state index in [4.69, 9.17) is 61.7 Å². The van der Waals surface area contributed by atoms with Gasteiger partial charge in [0.2, 0.25) is 18.7 Å². The van der Waals surface area contributed by atoms with Gasteiger partial charge in [-0.15, -0.1) is 0 Å². The monoisotopic (exact) mass is 947 g/mol. The molecular formula is C42H61NO23. The Balaban J connectivity index is 1.73. The predicted octanol–water partition coefficient (Wildman–Crippen LogP) is 1.36. The Morgan fingerprint density at radius 2 is 0.773 bits per heavy atom. The summed E-state index contributed by atoms with van der Waals surface area (Å²) in [7, 11) is 0. The molecule has 0 bridgehead atoms. The fraction of sp³-hybridized carbons (Fsp3) is 0.762. The molecule has 0 spiro atoms. The van der Waals surface area contributed by atoms with E-state index < -0.39 is 152 Å². The van der Waals surface area contributed by atoms with E-state index in [1.807, 2.05) is 0 Å². The van der Waals surface area contributed by atoms with Crippen LogP contribution in [0.15, 0.2) is 0 Å². The molecule has 3 aliphatic rings. The number of rotatable bonds is 18. The topological polar surface area (TPSA) is 294 Å². The van der Waals surface area contributed by atoms with Crippen LogP contribution in [0.25, 0.3) is 0 Å². The first-order valence-corrected chi connectivity index (χ1v) is 21.1. The summed E-state index contributed by atoms with van der Waals surface area (Å²) in [4.78, 5) is 129. The average molecular weight is 948 g/mol. The fourth-order valence-corrected chi connectivity index (χ4v) is 8.01. The van der Waals surface area contributed by atoms with Crippen molar-refractivity contribution in [2.75, 3.05) is 13.2 Å². The zero-order valence-corrected chi connectivity index (χ0v) is 39.1. The van der Waals surface area contributed by atoms with Crippen LogP contribution in [0.5, 0.6) is 0 Å². The molecule has 3 heterocycles. The van der Waals surface area contributed by atoms with E-state index in [1.165, 1.54) is 0 Å². The molecule has 0 aromatic rings. The van der Waals surface area contributed by atoms with Crippen LogP contribution in [0, 0.1) is 0 Å². The summed E-state index contributed by atoms with van der Waals surface area (Å²) in [6, 6.07) is 0. The first-order valence-electron chi connectivity index (χ1n) is 21.1. The molecule has 3 fully saturated rings. The highest BCUT2D eigenvalue weighted by molar-refractivity contribution is 5.73. The number of carbonyl (C=O) groups excluding carboxylic acids is 10. The molecule has 3 saturated heterocycles. The van der Waals surface area contributed by atoms with Crippen LogP contribution < -0.4 is 0 Å². The number of hydrogen-bond acceptors (Lipinski definition) is 24. The lowest BCUT2D eigenvalue weighted by molar-refractivity contribution is -0.405. The molecular weight excluding hydrogens is 886 g/mol. The van der Waals surface area contributed by atoms with Gasteiger partial charge in [-0.2, -0.15) is 5.06 Å². The van der Waals surface area contributed by atoms with Gasteiger partial charge in [0, 0.05) is 92.2 Å². The van der Waals surface area contributed by atoms with E-state index in [9.17, 15) is 47.9 Å². The molecule has 3 aliphatic heterocycles. The Bertz CT molecular complexity index is 1790. The third-order valence-electron chi connectivity index (χ3n) is 9.97. The Labute approximate surface area is 380 Å². The summed E-state index contributed by atoms with van der Waals surface area (Å²) in [5.41, 5.74) is -1.92. The van der Waals surface area contributed by atoms with E-state index in [-0.39, 0.29) is 32.1 Å². The third kappa shape index (κ3) is 16.5. The Morgan fingerprint density at radius 1 is 0.439 bits per heavy atom. The van der Waals surface area contributed by atoms with Crippen LogP contribution >= 0.6 is 0 Å². The summed E-state index contributed by atoms with van der Waals surface area (Å²) in [5, 5.41) is 1.56. The van der Waals surface area contributed by atoms with E-state index in [1.54, 1.807) is 32.8 Å². The fourth-order valence-electron chi connectivity index (χ4n) is 8.01. The molecule has 0 amide bonds. The molecule has 0 aromatic carbocycles. The molecule has 372 valence electrons. The Hall–Kier alpha value is -5.46. The van der Waals surface area contributed by atoms with Crippen LogP contribution in [-0.4, -0.2) is 157 Å². The van der Waals surface area contributed by atoms with Crippen molar-refractivity contribution in [3.63, 3.8) is 0 Å². The molecule has 0 aliphatic carbocycles. The van der Waals surface area contributed by atoms with Gasteiger partial charge in [0.25, 0.3) is 0 Å². The van der Waals surface area contributed by atoms with Crippen LogP contribution in [0.1, 0.15) is 115 Å². The van der Waals surface area contributed by atoms with Gasteiger partial charge in [-0.05, 0) is 34.1 Å². The van der Waals surface area contributed by atoms with Crippen LogP contribution in [0.4, 0.5) is 0 Å². The predicted molar refractivity (Wildman–Crippen MR) is 214 cm³/mol. The van der Waals surface area contributed by atoms with Crippen molar-refractivity contribution in [1.82, 2.24) is 5.06 Å². The highest BCUT2D eigenvalue weighted by atomic mass is 16.8.